The van der Waals surface area contributed by atoms with Gasteiger partial charge in [-0.1, -0.05) is 0 Å². The topological polar surface area (TPSA) is 174 Å². The molecule has 0 saturated carbocycles. The van der Waals surface area contributed by atoms with E-state index in [4.69, 9.17) is 29.9 Å². The van der Waals surface area contributed by atoms with Crippen molar-refractivity contribution in [2.45, 2.75) is 39.5 Å². The van der Waals surface area contributed by atoms with Crippen LogP contribution in [-0.2, 0) is 28.7 Å². The van der Waals surface area contributed by atoms with E-state index < -0.39 is 23.9 Å². The van der Waals surface area contributed by atoms with Gasteiger partial charge < -0.3 is 29.9 Å². The van der Waals surface area contributed by atoms with Crippen LogP contribution in [0.1, 0.15) is 39.5 Å². The van der Waals surface area contributed by atoms with Crippen LogP contribution in [-0.4, -0.2) is 120 Å². The molecule has 0 spiro atoms. The zero-order valence-corrected chi connectivity index (χ0v) is 21.0. The van der Waals surface area contributed by atoms with Crippen molar-refractivity contribution in [2.24, 2.45) is 0 Å². The van der Waals surface area contributed by atoms with Gasteiger partial charge in [-0.15, -0.1) is 0 Å². The SMILES string of the molecule is CC(C(=O)O)=C(CCCN1CCOCC1)C(=O)O.CC(C(=O)O)=C(CCCN1CCOCC1)C(=O)O. The maximum atomic E-state index is 11.0. The van der Waals surface area contributed by atoms with Gasteiger partial charge in [0.1, 0.15) is 0 Å². The molecule has 2 aliphatic heterocycles. The van der Waals surface area contributed by atoms with E-state index in [-0.39, 0.29) is 35.1 Å². The van der Waals surface area contributed by atoms with Crippen molar-refractivity contribution in [1.29, 1.82) is 0 Å². The van der Waals surface area contributed by atoms with Crippen molar-refractivity contribution in [3.05, 3.63) is 22.3 Å². The maximum absolute atomic E-state index is 11.0. The van der Waals surface area contributed by atoms with Crippen molar-refractivity contribution in [3.8, 4) is 0 Å². The van der Waals surface area contributed by atoms with E-state index in [1.807, 2.05) is 0 Å². The van der Waals surface area contributed by atoms with Crippen LogP contribution < -0.4 is 0 Å². The second kappa shape index (κ2) is 16.8. The number of hydrogen-bond acceptors (Lipinski definition) is 8. The highest BCUT2D eigenvalue weighted by Crippen LogP contribution is 2.14. The minimum atomic E-state index is -1.17. The van der Waals surface area contributed by atoms with Gasteiger partial charge in [0.15, 0.2) is 0 Å². The minimum absolute atomic E-state index is 0.00393. The number of carbonyl (C=O) groups is 4. The molecule has 0 amide bonds. The van der Waals surface area contributed by atoms with Crippen LogP contribution in [0, 0.1) is 0 Å². The van der Waals surface area contributed by atoms with Crippen LogP contribution in [0.4, 0.5) is 0 Å². The number of aliphatic carboxylic acids is 4. The molecule has 0 aromatic carbocycles. The third kappa shape index (κ3) is 11.8. The van der Waals surface area contributed by atoms with Crippen LogP contribution in [0.3, 0.4) is 0 Å². The molecule has 2 fully saturated rings. The number of ether oxygens (including phenoxy) is 2. The first-order chi connectivity index (χ1) is 17.0. The van der Waals surface area contributed by atoms with Gasteiger partial charge in [0.2, 0.25) is 0 Å². The first-order valence-corrected chi connectivity index (χ1v) is 12.0. The normalized spacial score (nSPS) is 18.3. The summed E-state index contributed by atoms with van der Waals surface area (Å²) in [5.41, 5.74) is -0.166. The van der Waals surface area contributed by atoms with Crippen molar-refractivity contribution >= 4 is 23.9 Å². The smallest absolute Gasteiger partial charge is 0.332 e. The van der Waals surface area contributed by atoms with Gasteiger partial charge in [-0.25, -0.2) is 19.2 Å². The molecule has 2 aliphatic rings. The van der Waals surface area contributed by atoms with Crippen molar-refractivity contribution in [3.63, 3.8) is 0 Å². The molecule has 36 heavy (non-hydrogen) atoms. The van der Waals surface area contributed by atoms with E-state index in [9.17, 15) is 19.2 Å². The Kier molecular flexibility index (Phi) is 14.6. The molecule has 0 bridgehead atoms. The van der Waals surface area contributed by atoms with E-state index in [1.54, 1.807) is 0 Å². The molecular formula is C24H38N2O10. The monoisotopic (exact) mass is 514 g/mol. The van der Waals surface area contributed by atoms with Crippen LogP contribution in [0.5, 0.6) is 0 Å². The predicted molar refractivity (Wildman–Crippen MR) is 129 cm³/mol. The van der Waals surface area contributed by atoms with Crippen molar-refractivity contribution in [1.82, 2.24) is 9.80 Å². The van der Waals surface area contributed by atoms with Gasteiger partial charge in [0, 0.05) is 48.5 Å². The Bertz CT molecular complexity index is 757. The van der Waals surface area contributed by atoms with E-state index >= 15 is 0 Å². The third-order valence-electron chi connectivity index (χ3n) is 6.07. The van der Waals surface area contributed by atoms with Crippen molar-refractivity contribution in [2.75, 3.05) is 65.7 Å². The van der Waals surface area contributed by atoms with E-state index in [1.165, 1.54) is 13.8 Å². The Balaban J connectivity index is 0.000000360. The Hall–Kier alpha value is -2.80. The lowest BCUT2D eigenvalue weighted by Crippen LogP contribution is -2.36. The molecule has 204 valence electrons. The summed E-state index contributed by atoms with van der Waals surface area (Å²) in [6.45, 7) is 10.4. The van der Waals surface area contributed by atoms with E-state index in [0.29, 0.717) is 39.3 Å². The average Bonchev–Trinajstić information content (AvgIpc) is 2.85. The molecule has 0 unspecified atom stereocenters. The molecule has 2 saturated heterocycles. The average molecular weight is 515 g/mol. The molecule has 2 heterocycles. The zero-order valence-electron chi connectivity index (χ0n) is 21.0. The Morgan fingerprint density at radius 3 is 1.14 bits per heavy atom. The molecule has 0 atom stereocenters. The summed E-state index contributed by atoms with van der Waals surface area (Å²) in [6.07, 6.45) is 1.86. The quantitative estimate of drug-likeness (QED) is 0.274. The Labute approximate surface area is 210 Å². The number of hydrogen-bond donors (Lipinski definition) is 4. The maximum Gasteiger partial charge on any atom is 0.332 e. The Morgan fingerprint density at radius 2 is 0.889 bits per heavy atom. The summed E-state index contributed by atoms with van der Waals surface area (Å²) in [5.74, 6) is -4.62. The molecule has 0 aliphatic carbocycles. The summed E-state index contributed by atoms with van der Waals surface area (Å²) in [4.78, 5) is 47.9. The summed E-state index contributed by atoms with van der Waals surface area (Å²) in [7, 11) is 0. The molecule has 2 rings (SSSR count). The first kappa shape index (κ1) is 31.2. The number of carboxylic acid groups (broad SMARTS) is 4. The second-order valence-corrected chi connectivity index (χ2v) is 8.54. The fourth-order valence-electron chi connectivity index (χ4n) is 3.78. The largest absolute Gasteiger partial charge is 0.478 e. The lowest BCUT2D eigenvalue weighted by atomic mass is 10.0. The third-order valence-corrected chi connectivity index (χ3v) is 6.07. The fourth-order valence-corrected chi connectivity index (χ4v) is 3.78. The molecular weight excluding hydrogens is 476 g/mol. The summed E-state index contributed by atoms with van der Waals surface area (Å²) in [5, 5.41) is 35.6. The van der Waals surface area contributed by atoms with Gasteiger partial charge in [-0.3, -0.25) is 9.80 Å². The van der Waals surface area contributed by atoms with Gasteiger partial charge >= 0.3 is 23.9 Å². The highest BCUT2D eigenvalue weighted by Gasteiger charge is 2.18. The fraction of sp³-hybridized carbons (Fsp3) is 0.667. The van der Waals surface area contributed by atoms with Gasteiger partial charge in [0.05, 0.1) is 26.4 Å². The molecule has 12 nitrogen and oxygen atoms in total. The number of morpholine rings is 2. The Morgan fingerprint density at radius 1 is 0.583 bits per heavy atom. The van der Waals surface area contributed by atoms with Crippen LogP contribution in [0.2, 0.25) is 0 Å². The van der Waals surface area contributed by atoms with Crippen LogP contribution in [0.15, 0.2) is 22.3 Å². The lowest BCUT2D eigenvalue weighted by Gasteiger charge is -2.26. The van der Waals surface area contributed by atoms with E-state index in [0.717, 1.165) is 39.3 Å². The van der Waals surface area contributed by atoms with Gasteiger partial charge in [-0.05, 0) is 52.6 Å². The summed E-state index contributed by atoms with van der Waals surface area (Å²) < 4.78 is 10.4. The number of nitrogens with zero attached hydrogens (tertiary/aromatic N) is 2. The number of rotatable bonds is 12. The van der Waals surface area contributed by atoms with Gasteiger partial charge in [-0.2, -0.15) is 0 Å². The summed E-state index contributed by atoms with van der Waals surface area (Å²) >= 11 is 0. The van der Waals surface area contributed by atoms with Crippen molar-refractivity contribution < 1.29 is 49.1 Å². The molecule has 0 radical (unpaired) electrons. The zero-order chi connectivity index (χ0) is 27.1. The summed E-state index contributed by atoms with van der Waals surface area (Å²) in [6, 6.07) is 0. The molecule has 4 N–H and O–H groups in total. The standard InChI is InChI=1S/2C12H19NO5/c2*1-9(11(14)15)10(12(16)17)3-2-4-13-5-7-18-8-6-13/h2*2-8H2,1H3,(H,14,15)(H,16,17). The van der Waals surface area contributed by atoms with Gasteiger partial charge in [0.25, 0.3) is 0 Å². The molecule has 0 aromatic heterocycles. The van der Waals surface area contributed by atoms with Crippen LogP contribution in [0.25, 0.3) is 0 Å². The predicted octanol–water partition coefficient (Wildman–Crippen LogP) is 1.17. The second-order valence-electron chi connectivity index (χ2n) is 8.54. The lowest BCUT2D eigenvalue weighted by molar-refractivity contribution is -0.136. The first-order valence-electron chi connectivity index (χ1n) is 12.0. The minimum Gasteiger partial charge on any atom is -0.478 e. The molecule has 12 heteroatoms. The highest BCUT2D eigenvalue weighted by molar-refractivity contribution is 5.98. The number of carboxylic acids is 4. The highest BCUT2D eigenvalue weighted by atomic mass is 16.5. The molecule has 0 aromatic rings. The van der Waals surface area contributed by atoms with E-state index in [2.05, 4.69) is 9.80 Å². The van der Waals surface area contributed by atoms with Crippen LogP contribution >= 0.6 is 0 Å².